The monoisotopic (exact) mass is 292 g/mol. The van der Waals surface area contributed by atoms with Gasteiger partial charge in [-0.1, -0.05) is 25.5 Å². The van der Waals surface area contributed by atoms with E-state index in [9.17, 15) is 4.39 Å². The summed E-state index contributed by atoms with van der Waals surface area (Å²) >= 11 is 0. The van der Waals surface area contributed by atoms with Crippen LogP contribution < -0.4 is 5.32 Å². The van der Waals surface area contributed by atoms with Crippen molar-refractivity contribution in [3.05, 3.63) is 35.6 Å². The average molecular weight is 292 g/mol. The Labute approximate surface area is 128 Å². The lowest BCUT2D eigenvalue weighted by molar-refractivity contribution is 0.0616. The summed E-state index contributed by atoms with van der Waals surface area (Å²) in [5, 5.41) is 3.65. The predicted octanol–water partition coefficient (Wildman–Crippen LogP) is 3.61. The van der Waals surface area contributed by atoms with Crippen LogP contribution in [0.5, 0.6) is 0 Å². The van der Waals surface area contributed by atoms with Crippen LogP contribution in [0.3, 0.4) is 0 Å². The summed E-state index contributed by atoms with van der Waals surface area (Å²) in [4.78, 5) is 2.62. The number of piperidine rings is 1. The smallest absolute Gasteiger partial charge is 0.123 e. The number of nitrogens with zero attached hydrogens (tertiary/aromatic N) is 1. The molecule has 2 nitrogen and oxygen atoms in total. The Bertz CT molecular complexity index is 421. The van der Waals surface area contributed by atoms with Crippen LogP contribution in [-0.2, 0) is 6.42 Å². The molecule has 1 aromatic carbocycles. The van der Waals surface area contributed by atoms with Gasteiger partial charge in [0, 0.05) is 11.6 Å². The Kier molecular flexibility index (Phi) is 5.77. The predicted molar refractivity (Wildman–Crippen MR) is 87.1 cm³/mol. The molecule has 1 unspecified atom stereocenters. The summed E-state index contributed by atoms with van der Waals surface area (Å²) in [5.41, 5.74) is 1.32. The van der Waals surface area contributed by atoms with Gasteiger partial charge in [0.1, 0.15) is 5.82 Å². The molecule has 0 bridgehead atoms. The Hall–Kier alpha value is -0.930. The van der Waals surface area contributed by atoms with Gasteiger partial charge in [-0.2, -0.15) is 0 Å². The van der Waals surface area contributed by atoms with Crippen molar-refractivity contribution in [2.24, 2.45) is 0 Å². The summed E-state index contributed by atoms with van der Waals surface area (Å²) in [6.45, 7) is 10.2. The topological polar surface area (TPSA) is 15.3 Å². The zero-order valence-corrected chi connectivity index (χ0v) is 13.7. The van der Waals surface area contributed by atoms with Gasteiger partial charge >= 0.3 is 0 Å². The van der Waals surface area contributed by atoms with Gasteiger partial charge in [0.15, 0.2) is 0 Å². The molecule has 2 rings (SSSR count). The Morgan fingerprint density at radius 1 is 1.14 bits per heavy atom. The third-order valence-electron chi connectivity index (χ3n) is 4.83. The first-order valence-electron chi connectivity index (χ1n) is 8.27. The number of hydrogen-bond donors (Lipinski definition) is 1. The van der Waals surface area contributed by atoms with Crippen LogP contribution in [0.2, 0.25) is 0 Å². The van der Waals surface area contributed by atoms with Crippen molar-refractivity contribution >= 4 is 0 Å². The van der Waals surface area contributed by atoms with Crippen LogP contribution in [0.15, 0.2) is 24.3 Å². The molecular weight excluding hydrogens is 263 g/mol. The molecule has 0 amide bonds. The maximum Gasteiger partial charge on any atom is 0.123 e. The van der Waals surface area contributed by atoms with Crippen molar-refractivity contribution in [3.8, 4) is 0 Å². The molecule has 0 saturated carbocycles. The SMILES string of the molecule is CCNC(Cc1ccc(F)cc1)C(C)(C)N1CCCCC1. The molecule has 1 atom stereocenters. The van der Waals surface area contributed by atoms with Gasteiger partial charge in [-0.05, 0) is 70.4 Å². The molecule has 1 aliphatic heterocycles. The normalized spacial score (nSPS) is 18.7. The number of rotatable bonds is 6. The zero-order valence-electron chi connectivity index (χ0n) is 13.7. The quantitative estimate of drug-likeness (QED) is 0.861. The third-order valence-corrected chi connectivity index (χ3v) is 4.83. The summed E-state index contributed by atoms with van der Waals surface area (Å²) in [5.74, 6) is -0.158. The van der Waals surface area contributed by atoms with E-state index in [-0.39, 0.29) is 11.4 Å². The summed E-state index contributed by atoms with van der Waals surface area (Å²) in [6.07, 6.45) is 4.91. The highest BCUT2D eigenvalue weighted by Gasteiger charge is 2.35. The van der Waals surface area contributed by atoms with Crippen molar-refractivity contribution < 1.29 is 4.39 Å². The molecule has 1 aromatic rings. The number of nitrogens with one attached hydrogen (secondary N) is 1. The summed E-state index contributed by atoms with van der Waals surface area (Å²) < 4.78 is 13.1. The second-order valence-corrected chi connectivity index (χ2v) is 6.64. The molecule has 1 heterocycles. The van der Waals surface area contributed by atoms with Gasteiger partial charge in [-0.25, -0.2) is 4.39 Å². The maximum atomic E-state index is 13.1. The maximum absolute atomic E-state index is 13.1. The lowest BCUT2D eigenvalue weighted by Gasteiger charge is -2.46. The molecule has 0 aliphatic carbocycles. The van der Waals surface area contributed by atoms with E-state index < -0.39 is 0 Å². The van der Waals surface area contributed by atoms with E-state index in [1.165, 1.54) is 37.9 Å². The van der Waals surface area contributed by atoms with Crippen molar-refractivity contribution in [1.82, 2.24) is 10.2 Å². The molecular formula is C18H29FN2. The van der Waals surface area contributed by atoms with Crippen molar-refractivity contribution in [2.75, 3.05) is 19.6 Å². The van der Waals surface area contributed by atoms with Crippen molar-refractivity contribution in [3.63, 3.8) is 0 Å². The molecule has 1 fully saturated rings. The fraction of sp³-hybridized carbons (Fsp3) is 0.667. The standard InChI is InChI=1S/C18H29FN2/c1-4-20-17(14-15-8-10-16(19)11-9-15)18(2,3)21-12-6-5-7-13-21/h8-11,17,20H,4-7,12-14H2,1-3H3. The number of likely N-dealkylation sites (tertiary alicyclic amines) is 1. The number of halogens is 1. The summed E-state index contributed by atoms with van der Waals surface area (Å²) in [6, 6.07) is 7.32. The molecule has 1 N–H and O–H groups in total. The largest absolute Gasteiger partial charge is 0.312 e. The van der Waals surface area contributed by atoms with E-state index in [2.05, 4.69) is 31.0 Å². The molecule has 0 spiro atoms. The third kappa shape index (κ3) is 4.27. The Morgan fingerprint density at radius 2 is 1.76 bits per heavy atom. The molecule has 0 aromatic heterocycles. The fourth-order valence-electron chi connectivity index (χ4n) is 3.36. The van der Waals surface area contributed by atoms with Crippen LogP contribution >= 0.6 is 0 Å². The average Bonchev–Trinajstić information content (AvgIpc) is 2.50. The van der Waals surface area contributed by atoms with Gasteiger partial charge in [0.05, 0.1) is 0 Å². The van der Waals surface area contributed by atoms with Gasteiger partial charge in [-0.15, -0.1) is 0 Å². The van der Waals surface area contributed by atoms with Crippen LogP contribution in [0.4, 0.5) is 4.39 Å². The zero-order chi connectivity index (χ0) is 15.3. The van der Waals surface area contributed by atoms with Gasteiger partial charge < -0.3 is 5.32 Å². The molecule has 3 heteroatoms. The lowest BCUT2D eigenvalue weighted by Crippen LogP contribution is -2.59. The Balaban J connectivity index is 2.10. The second kappa shape index (κ2) is 7.37. The van der Waals surface area contributed by atoms with Crippen LogP contribution in [0.1, 0.15) is 45.6 Å². The van der Waals surface area contributed by atoms with Crippen LogP contribution in [-0.4, -0.2) is 36.1 Å². The van der Waals surface area contributed by atoms with Crippen LogP contribution in [0.25, 0.3) is 0 Å². The first-order chi connectivity index (χ1) is 10.0. The molecule has 1 aliphatic rings. The van der Waals surface area contributed by atoms with E-state index in [4.69, 9.17) is 0 Å². The summed E-state index contributed by atoms with van der Waals surface area (Å²) in [7, 11) is 0. The number of hydrogen-bond acceptors (Lipinski definition) is 2. The van der Waals surface area contributed by atoms with E-state index in [1.54, 1.807) is 12.1 Å². The Morgan fingerprint density at radius 3 is 2.33 bits per heavy atom. The molecule has 21 heavy (non-hydrogen) atoms. The van der Waals surface area contributed by atoms with Gasteiger partial charge in [-0.3, -0.25) is 4.90 Å². The minimum absolute atomic E-state index is 0.116. The van der Waals surface area contributed by atoms with E-state index in [1.807, 2.05) is 12.1 Å². The number of benzene rings is 1. The van der Waals surface area contributed by atoms with E-state index >= 15 is 0 Å². The molecule has 0 radical (unpaired) electrons. The van der Waals surface area contributed by atoms with Gasteiger partial charge in [0.25, 0.3) is 0 Å². The first kappa shape index (κ1) is 16.4. The molecule has 118 valence electrons. The minimum Gasteiger partial charge on any atom is -0.312 e. The van der Waals surface area contributed by atoms with Gasteiger partial charge in [0.2, 0.25) is 0 Å². The van der Waals surface area contributed by atoms with Crippen molar-refractivity contribution in [2.45, 2.75) is 58.0 Å². The van der Waals surface area contributed by atoms with E-state index in [0.717, 1.165) is 13.0 Å². The fourth-order valence-corrected chi connectivity index (χ4v) is 3.36. The highest BCUT2D eigenvalue weighted by molar-refractivity contribution is 5.18. The molecule has 1 saturated heterocycles. The van der Waals surface area contributed by atoms with E-state index in [0.29, 0.717) is 6.04 Å². The van der Waals surface area contributed by atoms with Crippen molar-refractivity contribution in [1.29, 1.82) is 0 Å². The number of likely N-dealkylation sites (N-methyl/N-ethyl adjacent to an activating group) is 1. The highest BCUT2D eigenvalue weighted by Crippen LogP contribution is 2.26. The highest BCUT2D eigenvalue weighted by atomic mass is 19.1. The van der Waals surface area contributed by atoms with Crippen LogP contribution in [0, 0.1) is 5.82 Å². The minimum atomic E-state index is -0.158. The lowest BCUT2D eigenvalue weighted by atomic mass is 9.86. The second-order valence-electron chi connectivity index (χ2n) is 6.64. The first-order valence-corrected chi connectivity index (χ1v) is 8.27.